The molecule has 4 nitrogen and oxygen atoms in total. The van der Waals surface area contributed by atoms with E-state index in [1.807, 2.05) is 24.3 Å². The van der Waals surface area contributed by atoms with Crippen LogP contribution >= 0.6 is 0 Å². The Morgan fingerprint density at radius 3 is 2.90 bits per heavy atom. The molecule has 1 aliphatic carbocycles. The number of anilines is 1. The first kappa shape index (κ1) is 15.1. The topological polar surface area (TPSA) is 58.7 Å². The number of nitrogens with two attached hydrogens (primary N) is 1. The van der Waals surface area contributed by atoms with Crippen molar-refractivity contribution in [2.45, 2.75) is 44.2 Å². The number of hydrogen-bond acceptors (Lipinski definition) is 4. The Labute approximate surface area is 121 Å². The molecule has 0 aromatic heterocycles. The number of ether oxygens (including phenoxy) is 1. The lowest BCUT2D eigenvalue weighted by Gasteiger charge is -2.35. The lowest BCUT2D eigenvalue weighted by Crippen LogP contribution is -2.43. The number of aliphatic hydroxyl groups excluding tert-OH is 1. The lowest BCUT2D eigenvalue weighted by atomic mass is 9.91. The Hall–Kier alpha value is -1.26. The summed E-state index contributed by atoms with van der Waals surface area (Å²) in [5.41, 5.74) is 6.43. The van der Waals surface area contributed by atoms with E-state index in [1.165, 1.54) is 6.42 Å². The number of rotatable bonds is 6. The largest absolute Gasteiger partial charge is 0.493 e. The second-order valence-corrected chi connectivity index (χ2v) is 5.67. The van der Waals surface area contributed by atoms with Crippen LogP contribution in [0.2, 0.25) is 0 Å². The predicted molar refractivity (Wildman–Crippen MR) is 81.9 cm³/mol. The maximum atomic E-state index is 10.0. The average Bonchev–Trinajstić information content (AvgIpc) is 2.44. The van der Waals surface area contributed by atoms with Crippen LogP contribution in [0, 0.1) is 0 Å². The van der Waals surface area contributed by atoms with Crippen LogP contribution < -0.4 is 10.5 Å². The SMILES string of the molecule is CN(CCCOc1cccc(N)c1)C1CCCCC1O. The number of hydrogen-bond donors (Lipinski definition) is 2. The van der Waals surface area contributed by atoms with Gasteiger partial charge in [-0.25, -0.2) is 0 Å². The van der Waals surface area contributed by atoms with Crippen molar-refractivity contribution in [1.82, 2.24) is 4.90 Å². The first-order chi connectivity index (χ1) is 9.66. The molecule has 0 heterocycles. The fraction of sp³-hybridized carbons (Fsp3) is 0.625. The van der Waals surface area contributed by atoms with E-state index >= 15 is 0 Å². The summed E-state index contributed by atoms with van der Waals surface area (Å²) < 4.78 is 5.68. The van der Waals surface area contributed by atoms with Gasteiger partial charge in [-0.1, -0.05) is 18.9 Å². The molecule has 1 aromatic carbocycles. The van der Waals surface area contributed by atoms with Gasteiger partial charge in [-0.2, -0.15) is 0 Å². The van der Waals surface area contributed by atoms with E-state index in [1.54, 1.807) is 0 Å². The normalized spacial score (nSPS) is 22.9. The molecule has 0 radical (unpaired) electrons. The van der Waals surface area contributed by atoms with Crippen molar-refractivity contribution in [2.75, 3.05) is 25.9 Å². The minimum Gasteiger partial charge on any atom is -0.493 e. The van der Waals surface area contributed by atoms with Crippen molar-refractivity contribution in [3.05, 3.63) is 24.3 Å². The Morgan fingerprint density at radius 1 is 1.35 bits per heavy atom. The van der Waals surface area contributed by atoms with Crippen LogP contribution in [0.5, 0.6) is 5.75 Å². The van der Waals surface area contributed by atoms with Crippen molar-refractivity contribution >= 4 is 5.69 Å². The van der Waals surface area contributed by atoms with Gasteiger partial charge >= 0.3 is 0 Å². The summed E-state index contributed by atoms with van der Waals surface area (Å²) >= 11 is 0. The van der Waals surface area contributed by atoms with E-state index < -0.39 is 0 Å². The van der Waals surface area contributed by atoms with Gasteiger partial charge in [0.25, 0.3) is 0 Å². The molecule has 2 rings (SSSR count). The molecule has 0 aliphatic heterocycles. The van der Waals surface area contributed by atoms with Crippen LogP contribution in [-0.2, 0) is 0 Å². The molecule has 0 saturated heterocycles. The highest BCUT2D eigenvalue weighted by atomic mass is 16.5. The van der Waals surface area contributed by atoms with E-state index in [2.05, 4.69) is 11.9 Å². The molecule has 20 heavy (non-hydrogen) atoms. The van der Waals surface area contributed by atoms with E-state index in [0.717, 1.165) is 43.7 Å². The summed E-state index contributed by atoms with van der Waals surface area (Å²) in [5.74, 6) is 0.824. The molecule has 2 atom stereocenters. The van der Waals surface area contributed by atoms with Gasteiger partial charge in [0.2, 0.25) is 0 Å². The number of likely N-dealkylation sites (N-methyl/N-ethyl adjacent to an activating group) is 1. The molecule has 1 saturated carbocycles. The third-order valence-electron chi connectivity index (χ3n) is 4.04. The summed E-state index contributed by atoms with van der Waals surface area (Å²) in [6.07, 6.45) is 5.22. The summed E-state index contributed by atoms with van der Waals surface area (Å²) in [7, 11) is 2.10. The highest BCUT2D eigenvalue weighted by Crippen LogP contribution is 2.22. The summed E-state index contributed by atoms with van der Waals surface area (Å²) in [4.78, 5) is 2.27. The van der Waals surface area contributed by atoms with Crippen molar-refractivity contribution in [2.24, 2.45) is 0 Å². The van der Waals surface area contributed by atoms with Crippen molar-refractivity contribution in [1.29, 1.82) is 0 Å². The lowest BCUT2D eigenvalue weighted by molar-refractivity contribution is 0.0304. The Balaban J connectivity index is 1.67. The molecule has 1 fully saturated rings. The van der Waals surface area contributed by atoms with Crippen molar-refractivity contribution in [3.63, 3.8) is 0 Å². The Kier molecular flexibility index (Phi) is 5.68. The van der Waals surface area contributed by atoms with E-state index in [-0.39, 0.29) is 6.10 Å². The standard InChI is InChI=1S/C16H26N2O2/c1-18(15-8-2-3-9-16(15)19)10-5-11-20-14-7-4-6-13(17)12-14/h4,6-7,12,15-16,19H,2-3,5,8-11,17H2,1H3. The first-order valence-corrected chi connectivity index (χ1v) is 7.53. The minimum atomic E-state index is -0.163. The van der Waals surface area contributed by atoms with Gasteiger partial charge in [0.05, 0.1) is 12.7 Å². The molecule has 0 amide bonds. The van der Waals surface area contributed by atoms with Crippen LogP contribution in [0.4, 0.5) is 5.69 Å². The Morgan fingerprint density at radius 2 is 2.15 bits per heavy atom. The van der Waals surface area contributed by atoms with Gasteiger partial charge < -0.3 is 20.5 Å². The zero-order chi connectivity index (χ0) is 14.4. The summed E-state index contributed by atoms with van der Waals surface area (Å²) in [5, 5.41) is 10.0. The third kappa shape index (κ3) is 4.39. The average molecular weight is 278 g/mol. The molecular formula is C16H26N2O2. The van der Waals surface area contributed by atoms with Crippen LogP contribution in [0.25, 0.3) is 0 Å². The van der Waals surface area contributed by atoms with Crippen LogP contribution in [0.3, 0.4) is 0 Å². The molecule has 2 unspecified atom stereocenters. The molecule has 1 aromatic rings. The fourth-order valence-electron chi connectivity index (χ4n) is 2.88. The zero-order valence-electron chi connectivity index (χ0n) is 12.3. The molecule has 1 aliphatic rings. The highest BCUT2D eigenvalue weighted by Gasteiger charge is 2.25. The van der Waals surface area contributed by atoms with Gasteiger partial charge in [-0.05, 0) is 38.4 Å². The predicted octanol–water partition coefficient (Wildman–Crippen LogP) is 2.27. The van der Waals surface area contributed by atoms with Gasteiger partial charge in [0.15, 0.2) is 0 Å². The second kappa shape index (κ2) is 7.50. The van der Waals surface area contributed by atoms with Gasteiger partial charge in [0.1, 0.15) is 5.75 Å². The maximum Gasteiger partial charge on any atom is 0.121 e. The van der Waals surface area contributed by atoms with Crippen LogP contribution in [-0.4, -0.2) is 42.4 Å². The van der Waals surface area contributed by atoms with Gasteiger partial charge in [0, 0.05) is 24.3 Å². The zero-order valence-corrected chi connectivity index (χ0v) is 12.3. The molecule has 112 valence electrons. The minimum absolute atomic E-state index is 0.163. The maximum absolute atomic E-state index is 10.0. The number of aliphatic hydroxyl groups is 1. The Bertz CT molecular complexity index is 411. The number of nitrogens with zero attached hydrogens (tertiary/aromatic N) is 1. The fourth-order valence-corrected chi connectivity index (χ4v) is 2.88. The van der Waals surface area contributed by atoms with Gasteiger partial charge in [-0.15, -0.1) is 0 Å². The van der Waals surface area contributed by atoms with E-state index in [0.29, 0.717) is 12.6 Å². The molecule has 3 N–H and O–H groups in total. The monoisotopic (exact) mass is 278 g/mol. The molecule has 4 heteroatoms. The summed E-state index contributed by atoms with van der Waals surface area (Å²) in [6, 6.07) is 7.83. The first-order valence-electron chi connectivity index (χ1n) is 7.53. The van der Waals surface area contributed by atoms with Gasteiger partial charge in [-0.3, -0.25) is 0 Å². The molecule has 0 spiro atoms. The molecule has 0 bridgehead atoms. The quantitative estimate of drug-likeness (QED) is 0.619. The van der Waals surface area contributed by atoms with Crippen LogP contribution in [0.15, 0.2) is 24.3 Å². The number of nitrogen functional groups attached to an aromatic ring is 1. The van der Waals surface area contributed by atoms with E-state index in [4.69, 9.17) is 10.5 Å². The summed E-state index contributed by atoms with van der Waals surface area (Å²) in [6.45, 7) is 1.63. The van der Waals surface area contributed by atoms with Crippen molar-refractivity contribution < 1.29 is 9.84 Å². The third-order valence-corrected chi connectivity index (χ3v) is 4.04. The number of benzene rings is 1. The molecular weight excluding hydrogens is 252 g/mol. The van der Waals surface area contributed by atoms with Crippen molar-refractivity contribution in [3.8, 4) is 5.75 Å². The van der Waals surface area contributed by atoms with E-state index in [9.17, 15) is 5.11 Å². The highest BCUT2D eigenvalue weighted by molar-refractivity contribution is 5.43. The second-order valence-electron chi connectivity index (χ2n) is 5.67. The smallest absolute Gasteiger partial charge is 0.121 e. The van der Waals surface area contributed by atoms with Crippen LogP contribution in [0.1, 0.15) is 32.1 Å².